The Labute approximate surface area is 317 Å². The van der Waals surface area contributed by atoms with Crippen LogP contribution in [0.15, 0.2) is 169 Å². The summed E-state index contributed by atoms with van der Waals surface area (Å²) in [4.78, 5) is 19.7. The van der Waals surface area contributed by atoms with Gasteiger partial charge in [-0.3, -0.25) is 4.57 Å². The van der Waals surface area contributed by atoms with Crippen LogP contribution in [-0.4, -0.2) is 24.5 Å². The molecule has 3 heterocycles. The first-order chi connectivity index (χ1) is 27.0. The van der Waals surface area contributed by atoms with Crippen molar-refractivity contribution in [2.75, 3.05) is 0 Å². The van der Waals surface area contributed by atoms with Crippen LogP contribution in [0.4, 0.5) is 0 Å². The number of nitrogens with zero attached hydrogens (tertiary/aromatic N) is 5. The van der Waals surface area contributed by atoms with Crippen LogP contribution in [0.3, 0.4) is 0 Å². The molecule has 0 spiro atoms. The second kappa shape index (κ2) is 11.9. The molecule has 0 radical (unpaired) electrons. The molecule has 260 valence electrons. The zero-order valence-corrected chi connectivity index (χ0v) is 30.2. The fourth-order valence-electron chi connectivity index (χ4n) is 8.39. The van der Waals surface area contributed by atoms with Crippen molar-refractivity contribution in [3.05, 3.63) is 175 Å². The van der Waals surface area contributed by atoms with E-state index in [1.807, 2.05) is 60.7 Å². The van der Waals surface area contributed by atoms with Crippen LogP contribution in [0.25, 0.3) is 95.0 Å². The predicted octanol–water partition coefficient (Wildman–Crippen LogP) is 12.1. The first kappa shape index (κ1) is 31.4. The molecule has 0 bridgehead atoms. The molecule has 0 N–H and O–H groups in total. The van der Waals surface area contributed by atoms with E-state index in [2.05, 4.69) is 120 Å². The highest BCUT2D eigenvalue weighted by atomic mass is 16.3. The van der Waals surface area contributed by atoms with E-state index < -0.39 is 0 Å². The van der Waals surface area contributed by atoms with Crippen LogP contribution in [0, 0.1) is 0 Å². The molecule has 0 saturated heterocycles. The Balaban J connectivity index is 1.13. The molecule has 10 aromatic rings. The monoisotopic (exact) mass is 707 g/mol. The zero-order valence-electron chi connectivity index (χ0n) is 30.2. The van der Waals surface area contributed by atoms with E-state index in [4.69, 9.17) is 19.4 Å². The van der Waals surface area contributed by atoms with Crippen molar-refractivity contribution in [3.8, 4) is 62.1 Å². The molecule has 0 fully saturated rings. The number of benzene rings is 7. The fraction of sp³-hybridized carbons (Fsp3) is 0.0612. The summed E-state index contributed by atoms with van der Waals surface area (Å²) in [6, 6.07) is 55.5. The summed E-state index contributed by atoms with van der Waals surface area (Å²) in [6.45, 7) is 4.60. The van der Waals surface area contributed by atoms with E-state index >= 15 is 0 Å². The van der Waals surface area contributed by atoms with Crippen LogP contribution >= 0.6 is 0 Å². The minimum absolute atomic E-state index is 0.196. The molecule has 7 aromatic carbocycles. The van der Waals surface area contributed by atoms with Gasteiger partial charge < -0.3 is 4.42 Å². The number of hydrogen-bond acceptors (Lipinski definition) is 5. The highest BCUT2D eigenvalue weighted by Gasteiger charge is 2.36. The highest BCUT2D eigenvalue weighted by Crippen LogP contribution is 2.51. The SMILES string of the molecule is CC1(C)c2cc(-c3ccc4c(c3)c3cc(-c5ccccc5)ccc3n4-c3nc(-c4ccccc4)nc(-c4ccccc4)n3)ccc2-c2cc3ncoc3cc21. The van der Waals surface area contributed by atoms with Gasteiger partial charge in [-0.1, -0.05) is 129 Å². The Morgan fingerprint density at radius 2 is 1.00 bits per heavy atom. The molecule has 0 aliphatic heterocycles. The number of aromatic nitrogens is 5. The molecular weight excluding hydrogens is 675 g/mol. The molecule has 55 heavy (non-hydrogen) atoms. The first-order valence-electron chi connectivity index (χ1n) is 18.5. The van der Waals surface area contributed by atoms with Gasteiger partial charge in [0.05, 0.1) is 11.0 Å². The van der Waals surface area contributed by atoms with Gasteiger partial charge in [0.1, 0.15) is 5.52 Å². The lowest BCUT2D eigenvalue weighted by Crippen LogP contribution is -2.15. The van der Waals surface area contributed by atoms with Gasteiger partial charge in [-0.2, -0.15) is 9.97 Å². The topological polar surface area (TPSA) is 69.6 Å². The van der Waals surface area contributed by atoms with Gasteiger partial charge in [0.25, 0.3) is 0 Å². The molecule has 3 aromatic heterocycles. The highest BCUT2D eigenvalue weighted by molar-refractivity contribution is 6.11. The van der Waals surface area contributed by atoms with Crippen molar-refractivity contribution in [2.24, 2.45) is 0 Å². The number of fused-ring (bicyclic) bond motifs is 7. The van der Waals surface area contributed by atoms with Crippen molar-refractivity contribution in [3.63, 3.8) is 0 Å². The van der Waals surface area contributed by atoms with Gasteiger partial charge >= 0.3 is 0 Å². The largest absolute Gasteiger partial charge is 0.443 e. The average Bonchev–Trinajstić information content (AvgIpc) is 3.91. The molecule has 1 aliphatic rings. The second-order valence-electron chi connectivity index (χ2n) is 14.8. The minimum atomic E-state index is -0.196. The van der Waals surface area contributed by atoms with Crippen molar-refractivity contribution in [1.29, 1.82) is 0 Å². The Morgan fingerprint density at radius 1 is 0.473 bits per heavy atom. The smallest absolute Gasteiger partial charge is 0.238 e. The number of rotatable bonds is 5. The third-order valence-corrected chi connectivity index (χ3v) is 11.2. The van der Waals surface area contributed by atoms with E-state index in [0.29, 0.717) is 17.6 Å². The minimum Gasteiger partial charge on any atom is -0.443 e. The Hall–Kier alpha value is -7.18. The average molecular weight is 708 g/mol. The van der Waals surface area contributed by atoms with Crippen molar-refractivity contribution in [1.82, 2.24) is 24.5 Å². The summed E-state index contributed by atoms with van der Waals surface area (Å²) in [5, 5.41) is 2.26. The van der Waals surface area contributed by atoms with Gasteiger partial charge in [-0.15, -0.1) is 0 Å². The lowest BCUT2D eigenvalue weighted by atomic mass is 9.81. The van der Waals surface area contributed by atoms with E-state index in [1.54, 1.807) is 0 Å². The summed E-state index contributed by atoms with van der Waals surface area (Å²) in [5.41, 5.74) is 15.1. The maximum atomic E-state index is 5.71. The third kappa shape index (κ3) is 4.95. The van der Waals surface area contributed by atoms with Gasteiger partial charge in [-0.05, 0) is 87.0 Å². The van der Waals surface area contributed by atoms with Gasteiger partial charge in [0, 0.05) is 27.3 Å². The summed E-state index contributed by atoms with van der Waals surface area (Å²) in [6.07, 6.45) is 1.53. The summed E-state index contributed by atoms with van der Waals surface area (Å²) >= 11 is 0. The molecule has 0 unspecified atom stereocenters. The molecule has 0 atom stereocenters. The summed E-state index contributed by atoms with van der Waals surface area (Å²) < 4.78 is 7.90. The standard InChI is InChI=1S/C49H33N5O/c1-49(2)40-26-35(18-21-36(40)37-27-42-45(28-41(37)49)55-29-50-42)34-20-23-44-39(25-34)38-24-33(30-12-6-3-7-13-30)19-22-43(38)54(44)48-52-46(31-14-8-4-9-15-31)51-47(53-48)32-16-10-5-11-17-32/h3-29H,1-2H3. The lowest BCUT2D eigenvalue weighted by Gasteiger charge is -2.22. The Kier molecular flexibility index (Phi) is 6.79. The van der Waals surface area contributed by atoms with Gasteiger partial charge in [-0.25, -0.2) is 9.97 Å². The third-order valence-electron chi connectivity index (χ3n) is 11.2. The summed E-state index contributed by atoms with van der Waals surface area (Å²) in [7, 11) is 0. The molecule has 6 heteroatoms. The molecule has 1 aliphatic carbocycles. The Morgan fingerprint density at radius 3 is 1.62 bits per heavy atom. The fourth-order valence-corrected chi connectivity index (χ4v) is 8.39. The van der Waals surface area contributed by atoms with E-state index in [-0.39, 0.29) is 5.41 Å². The van der Waals surface area contributed by atoms with Crippen LogP contribution < -0.4 is 0 Å². The quantitative estimate of drug-likeness (QED) is 0.178. The van der Waals surface area contributed by atoms with E-state index in [0.717, 1.165) is 55.2 Å². The van der Waals surface area contributed by atoms with Crippen LogP contribution in [-0.2, 0) is 5.41 Å². The van der Waals surface area contributed by atoms with E-state index in [1.165, 1.54) is 39.8 Å². The normalized spacial score (nSPS) is 13.1. The molecule has 0 amide bonds. The molecule has 11 rings (SSSR count). The molecule has 6 nitrogen and oxygen atoms in total. The summed E-state index contributed by atoms with van der Waals surface area (Å²) in [5.74, 6) is 1.83. The molecule has 0 saturated carbocycles. The van der Waals surface area contributed by atoms with Crippen LogP contribution in [0.1, 0.15) is 25.0 Å². The molecular formula is C49H33N5O. The zero-order chi connectivity index (χ0) is 36.7. The van der Waals surface area contributed by atoms with Crippen LogP contribution in [0.5, 0.6) is 0 Å². The first-order valence-corrected chi connectivity index (χ1v) is 18.5. The lowest BCUT2D eigenvalue weighted by molar-refractivity contribution is 0.598. The predicted molar refractivity (Wildman–Crippen MR) is 221 cm³/mol. The van der Waals surface area contributed by atoms with Crippen molar-refractivity contribution < 1.29 is 4.42 Å². The maximum absolute atomic E-state index is 5.71. The van der Waals surface area contributed by atoms with Gasteiger partial charge in [0.2, 0.25) is 5.95 Å². The number of hydrogen-bond donors (Lipinski definition) is 0. The van der Waals surface area contributed by atoms with Crippen LogP contribution in [0.2, 0.25) is 0 Å². The van der Waals surface area contributed by atoms with Gasteiger partial charge in [0.15, 0.2) is 23.6 Å². The second-order valence-corrected chi connectivity index (χ2v) is 14.8. The Bertz CT molecular complexity index is 3050. The van der Waals surface area contributed by atoms with E-state index in [9.17, 15) is 0 Å². The maximum Gasteiger partial charge on any atom is 0.238 e. The van der Waals surface area contributed by atoms with Crippen molar-refractivity contribution >= 4 is 32.9 Å². The van der Waals surface area contributed by atoms with Crippen molar-refractivity contribution in [2.45, 2.75) is 19.3 Å². The number of oxazole rings is 1.